The lowest BCUT2D eigenvalue weighted by Crippen LogP contribution is -2.21. The first-order chi connectivity index (χ1) is 15.5. The van der Waals surface area contributed by atoms with Crippen LogP contribution in [0.5, 0.6) is 0 Å². The molecule has 1 unspecified atom stereocenters. The van der Waals surface area contributed by atoms with Crippen LogP contribution in [0, 0.1) is 5.92 Å². The topological polar surface area (TPSA) is 0 Å². The highest BCUT2D eigenvalue weighted by Gasteiger charge is 2.22. The van der Waals surface area contributed by atoms with Gasteiger partial charge in [0, 0.05) is 0 Å². The van der Waals surface area contributed by atoms with Crippen molar-refractivity contribution in [2.45, 2.75) is 187 Å². The molecule has 0 N–H and O–H groups in total. The van der Waals surface area contributed by atoms with Gasteiger partial charge in [0.25, 0.3) is 0 Å². The summed E-state index contributed by atoms with van der Waals surface area (Å²) in [5.41, 5.74) is 0. The first-order valence-electron chi connectivity index (χ1n) is 15.2. The van der Waals surface area contributed by atoms with E-state index in [1.54, 1.807) is 0 Å². The van der Waals surface area contributed by atoms with Gasteiger partial charge < -0.3 is 0 Å². The summed E-state index contributed by atoms with van der Waals surface area (Å²) in [5, 5.41) is 0. The number of hydrogen-bond donors (Lipinski definition) is 0. The third-order valence-electron chi connectivity index (χ3n) is 7.21. The quantitative estimate of drug-likeness (QED) is 0.0647. The summed E-state index contributed by atoms with van der Waals surface area (Å²) in [6.45, 7) is 9.30. The van der Waals surface area contributed by atoms with Gasteiger partial charge in [0.1, 0.15) is 0 Å². The second kappa shape index (κ2) is 24.6. The molecule has 2 heteroatoms. The summed E-state index contributed by atoms with van der Waals surface area (Å²) in [6, 6.07) is 1.34. The molecule has 0 aliphatic carbocycles. The van der Waals surface area contributed by atoms with E-state index >= 15 is 0 Å². The fraction of sp³-hybridized carbons (Fsp3) is 1.00. The number of unbranched alkanes of at least 4 members (excludes halogenated alkanes) is 20. The van der Waals surface area contributed by atoms with Crippen LogP contribution in [0.1, 0.15) is 168 Å². The van der Waals surface area contributed by atoms with Gasteiger partial charge in [0.15, 0.2) is 7.38 Å². The van der Waals surface area contributed by atoms with Crippen molar-refractivity contribution in [3.05, 3.63) is 0 Å². The van der Waals surface area contributed by atoms with Gasteiger partial charge in [-0.3, -0.25) is 0 Å². The van der Waals surface area contributed by atoms with Crippen LogP contribution in [-0.2, 0) is 0 Å². The van der Waals surface area contributed by atoms with Gasteiger partial charge in [-0.1, -0.05) is 181 Å². The van der Waals surface area contributed by atoms with E-state index in [0.717, 1.165) is 5.92 Å². The van der Waals surface area contributed by atoms with Gasteiger partial charge in [-0.25, -0.2) is 0 Å². The van der Waals surface area contributed by atoms with E-state index in [-0.39, 0.29) is 0 Å². The molecule has 0 aliphatic heterocycles. The highest BCUT2D eigenvalue weighted by atomic mass is 35.6. The van der Waals surface area contributed by atoms with E-state index in [1.165, 1.54) is 160 Å². The monoisotopic (exact) mass is 486 g/mol. The maximum atomic E-state index is 6.74. The number of hydrogen-bond acceptors (Lipinski definition) is 0. The molecule has 0 rings (SSSR count). The molecule has 0 saturated heterocycles. The van der Waals surface area contributed by atoms with Crippen LogP contribution in [-0.4, -0.2) is 7.38 Å². The highest BCUT2D eigenvalue weighted by molar-refractivity contribution is 7.19. The van der Waals surface area contributed by atoms with Crippen molar-refractivity contribution in [1.29, 1.82) is 0 Å². The minimum Gasteiger partial charge on any atom is -0.168 e. The van der Waals surface area contributed by atoms with E-state index in [4.69, 9.17) is 11.1 Å². The molecule has 0 saturated carbocycles. The molecule has 0 fully saturated rings. The van der Waals surface area contributed by atoms with Crippen LogP contribution < -0.4 is 0 Å². The Morgan fingerprint density at radius 2 is 0.688 bits per heavy atom. The molecule has 0 bridgehead atoms. The molecule has 1 atom stereocenters. The molecule has 0 aromatic heterocycles. The minimum atomic E-state index is -1.45. The zero-order chi connectivity index (χ0) is 23.8. The fourth-order valence-corrected chi connectivity index (χ4v) is 7.67. The molecule has 0 nitrogen and oxygen atoms in total. The summed E-state index contributed by atoms with van der Waals surface area (Å²) in [4.78, 5) is 0. The summed E-state index contributed by atoms with van der Waals surface area (Å²) < 4.78 is 0. The largest absolute Gasteiger partial charge is 0.168 e. The zero-order valence-corrected chi connectivity index (χ0v) is 24.9. The van der Waals surface area contributed by atoms with Crippen molar-refractivity contribution in [2.75, 3.05) is 0 Å². The third kappa shape index (κ3) is 26.8. The average molecular weight is 487 g/mol. The molecule has 0 aromatic rings. The van der Waals surface area contributed by atoms with Gasteiger partial charge >= 0.3 is 0 Å². The lowest BCUT2D eigenvalue weighted by Gasteiger charge is -2.23. The van der Waals surface area contributed by atoms with Gasteiger partial charge in [0.2, 0.25) is 0 Å². The van der Waals surface area contributed by atoms with Crippen LogP contribution in [0.3, 0.4) is 0 Å². The Bertz CT molecular complexity index is 349. The van der Waals surface area contributed by atoms with Crippen molar-refractivity contribution in [3.63, 3.8) is 0 Å². The van der Waals surface area contributed by atoms with E-state index in [0.29, 0.717) is 0 Å². The van der Waals surface area contributed by atoms with Crippen molar-refractivity contribution in [3.8, 4) is 0 Å². The van der Waals surface area contributed by atoms with Crippen LogP contribution in [0.25, 0.3) is 0 Å². The maximum Gasteiger partial charge on any atom is 0.150 e. The molecular weight excluding hydrogens is 424 g/mol. The van der Waals surface area contributed by atoms with Gasteiger partial charge in [-0.2, -0.15) is 11.1 Å². The second-order valence-corrected chi connectivity index (χ2v) is 18.4. The number of halogens is 1. The Hall–Kier alpha value is 0.507. The zero-order valence-electron chi connectivity index (χ0n) is 23.1. The third-order valence-corrected chi connectivity index (χ3v) is 9.22. The van der Waals surface area contributed by atoms with Gasteiger partial charge in [-0.05, 0) is 12.0 Å². The Morgan fingerprint density at radius 1 is 0.438 bits per heavy atom. The molecule has 0 aliphatic rings. The first-order valence-corrected chi connectivity index (χ1v) is 19.4. The molecule has 32 heavy (non-hydrogen) atoms. The molecule has 0 amide bonds. The van der Waals surface area contributed by atoms with Crippen LogP contribution in [0.2, 0.25) is 19.1 Å². The lowest BCUT2D eigenvalue weighted by molar-refractivity contribution is 0.427. The van der Waals surface area contributed by atoms with Crippen LogP contribution >= 0.6 is 11.1 Å². The molecule has 194 valence electrons. The fourth-order valence-electron chi connectivity index (χ4n) is 5.23. The summed E-state index contributed by atoms with van der Waals surface area (Å²) >= 11 is 6.74. The predicted molar refractivity (Wildman–Crippen MR) is 154 cm³/mol. The standard InChI is InChI=1S/C30H63ClSi/c1-5-7-9-11-13-15-16-17-18-19-20-22-24-26-28-30(29-32(3,4)31)27-25-23-21-14-12-10-8-6-2/h30H,5-29H2,1-4H3. The summed E-state index contributed by atoms with van der Waals surface area (Å²) in [6.07, 6.45) is 34.8. The SMILES string of the molecule is CCCCCCCCCCCCCCCCC(CCCCCCCCCC)C[Si](C)(C)Cl. The first kappa shape index (κ1) is 32.5. The van der Waals surface area contributed by atoms with Crippen molar-refractivity contribution >= 4 is 18.5 Å². The highest BCUT2D eigenvalue weighted by Crippen LogP contribution is 2.29. The molecule has 0 spiro atoms. The Balaban J connectivity index is 3.62. The predicted octanol–water partition coefficient (Wildman–Crippen LogP) is 12.4. The number of rotatable bonds is 26. The molecule has 0 radical (unpaired) electrons. The average Bonchev–Trinajstić information content (AvgIpc) is 2.74. The van der Waals surface area contributed by atoms with E-state index < -0.39 is 7.38 Å². The van der Waals surface area contributed by atoms with Crippen molar-refractivity contribution in [2.24, 2.45) is 5.92 Å². The smallest absolute Gasteiger partial charge is 0.150 e. The summed E-state index contributed by atoms with van der Waals surface area (Å²) in [5.74, 6) is 0.909. The lowest BCUT2D eigenvalue weighted by atomic mass is 9.95. The molecule has 0 heterocycles. The van der Waals surface area contributed by atoms with Gasteiger partial charge in [-0.15, -0.1) is 0 Å². The van der Waals surface area contributed by atoms with Crippen molar-refractivity contribution in [1.82, 2.24) is 0 Å². The van der Waals surface area contributed by atoms with Crippen molar-refractivity contribution < 1.29 is 0 Å². The Kier molecular flexibility index (Phi) is 25.0. The van der Waals surface area contributed by atoms with E-state index in [1.807, 2.05) is 0 Å². The van der Waals surface area contributed by atoms with Crippen LogP contribution in [0.4, 0.5) is 0 Å². The summed E-state index contributed by atoms with van der Waals surface area (Å²) in [7, 11) is -1.45. The van der Waals surface area contributed by atoms with Crippen LogP contribution in [0.15, 0.2) is 0 Å². The maximum absolute atomic E-state index is 6.74. The second-order valence-electron chi connectivity index (χ2n) is 11.4. The Labute approximate surface area is 211 Å². The Morgan fingerprint density at radius 3 is 0.938 bits per heavy atom. The minimum absolute atomic E-state index is 0.909. The molecular formula is C30H63ClSi. The van der Waals surface area contributed by atoms with E-state index in [2.05, 4.69) is 26.9 Å². The molecule has 0 aromatic carbocycles. The van der Waals surface area contributed by atoms with E-state index in [9.17, 15) is 0 Å². The normalized spacial score (nSPS) is 13.0. The van der Waals surface area contributed by atoms with Gasteiger partial charge in [0.05, 0.1) is 0 Å².